The van der Waals surface area contributed by atoms with Crippen LogP contribution in [0, 0.1) is 5.82 Å². The number of hydrogen-bond acceptors (Lipinski definition) is 5. The predicted octanol–water partition coefficient (Wildman–Crippen LogP) is 5.84. The van der Waals surface area contributed by atoms with E-state index in [2.05, 4.69) is 5.32 Å². The Morgan fingerprint density at radius 2 is 1.86 bits per heavy atom. The summed E-state index contributed by atoms with van der Waals surface area (Å²) in [6.07, 6.45) is -0.127. The molecule has 8 heteroatoms. The molecule has 1 heterocycles. The van der Waals surface area contributed by atoms with E-state index in [1.54, 1.807) is 45.0 Å². The topological polar surface area (TPSA) is 82.8 Å². The average molecular weight is 513 g/mol. The maximum absolute atomic E-state index is 15.3. The predicted molar refractivity (Wildman–Crippen MR) is 138 cm³/mol. The molecule has 0 saturated heterocycles. The summed E-state index contributed by atoms with van der Waals surface area (Å²) in [4.78, 5) is 11.9. The number of carbonyl (C=O) groups is 1. The van der Waals surface area contributed by atoms with Gasteiger partial charge in [-0.1, -0.05) is 48.0 Å². The molecule has 1 aliphatic heterocycles. The summed E-state index contributed by atoms with van der Waals surface area (Å²) in [6.45, 7) is 5.87. The number of hydrogen-bond donors (Lipinski definition) is 2. The molecule has 0 spiro atoms. The van der Waals surface area contributed by atoms with Crippen LogP contribution in [0.5, 0.6) is 11.5 Å². The van der Waals surface area contributed by atoms with Crippen molar-refractivity contribution in [2.45, 2.75) is 38.4 Å². The van der Waals surface area contributed by atoms with Gasteiger partial charge in [-0.05, 0) is 50.6 Å². The highest BCUT2D eigenvalue weighted by Gasteiger charge is 2.42. The van der Waals surface area contributed by atoms with Gasteiger partial charge in [0, 0.05) is 29.1 Å². The first-order valence-corrected chi connectivity index (χ1v) is 12.2. The maximum Gasteiger partial charge on any atom is 0.407 e. The minimum absolute atomic E-state index is 0.107. The third kappa shape index (κ3) is 5.42. The second kappa shape index (κ2) is 10.4. The van der Waals surface area contributed by atoms with E-state index < -0.39 is 23.1 Å². The van der Waals surface area contributed by atoms with Crippen LogP contribution in [-0.2, 0) is 16.8 Å². The molecule has 6 nitrogen and oxygen atoms in total. The van der Waals surface area contributed by atoms with Crippen molar-refractivity contribution in [2.75, 3.05) is 19.7 Å². The summed E-state index contributed by atoms with van der Waals surface area (Å²) in [6, 6.07) is 17.8. The third-order valence-corrected chi connectivity index (χ3v) is 6.18. The second-order valence-corrected chi connectivity index (χ2v) is 10.0. The summed E-state index contributed by atoms with van der Waals surface area (Å²) < 4.78 is 32.8. The van der Waals surface area contributed by atoms with Gasteiger partial charge in [0.1, 0.15) is 29.5 Å². The van der Waals surface area contributed by atoms with E-state index in [1.807, 2.05) is 30.3 Å². The number of nitrogens with two attached hydrogens (primary N) is 1. The van der Waals surface area contributed by atoms with Gasteiger partial charge in [0.2, 0.25) is 0 Å². The lowest BCUT2D eigenvalue weighted by molar-refractivity contribution is 0.0520. The highest BCUT2D eigenvalue weighted by atomic mass is 35.5. The van der Waals surface area contributed by atoms with Crippen molar-refractivity contribution in [1.82, 2.24) is 5.32 Å². The van der Waals surface area contributed by atoms with E-state index in [0.29, 0.717) is 28.5 Å². The zero-order valence-electron chi connectivity index (χ0n) is 20.6. The first-order valence-electron chi connectivity index (χ1n) is 11.8. The quantitative estimate of drug-likeness (QED) is 0.389. The summed E-state index contributed by atoms with van der Waals surface area (Å²) in [5.41, 5.74) is 7.26. The number of ether oxygens (including phenoxy) is 3. The molecule has 0 fully saturated rings. The van der Waals surface area contributed by atoms with Crippen LogP contribution in [0.15, 0.2) is 60.7 Å². The monoisotopic (exact) mass is 512 g/mol. The number of carbonyl (C=O) groups excluding carboxylic acids is 1. The molecule has 1 unspecified atom stereocenters. The van der Waals surface area contributed by atoms with Gasteiger partial charge in [-0.15, -0.1) is 0 Å². The summed E-state index contributed by atoms with van der Waals surface area (Å²) in [5.74, 6) is 0.429. The zero-order valence-corrected chi connectivity index (χ0v) is 21.3. The van der Waals surface area contributed by atoms with E-state index in [0.717, 1.165) is 11.1 Å². The number of halogens is 2. The van der Waals surface area contributed by atoms with Crippen LogP contribution in [0.4, 0.5) is 9.18 Å². The van der Waals surface area contributed by atoms with Gasteiger partial charge in [0.15, 0.2) is 5.60 Å². The summed E-state index contributed by atoms with van der Waals surface area (Å²) >= 11 is 6.65. The highest BCUT2D eigenvalue weighted by molar-refractivity contribution is 6.33. The third-order valence-electron chi connectivity index (χ3n) is 5.87. The van der Waals surface area contributed by atoms with Gasteiger partial charge in [-0.2, -0.15) is 0 Å². The zero-order chi connectivity index (χ0) is 25.9. The van der Waals surface area contributed by atoms with Crippen molar-refractivity contribution in [2.24, 2.45) is 5.73 Å². The molecular formula is C28H30ClFN2O4. The fraction of sp³-hybridized carbons (Fsp3) is 0.321. The van der Waals surface area contributed by atoms with Gasteiger partial charge in [0.25, 0.3) is 0 Å². The van der Waals surface area contributed by atoms with E-state index in [4.69, 9.17) is 31.5 Å². The first kappa shape index (κ1) is 25.8. The lowest BCUT2D eigenvalue weighted by Crippen LogP contribution is -2.39. The lowest BCUT2D eigenvalue weighted by atomic mass is 9.86. The van der Waals surface area contributed by atoms with Crippen LogP contribution in [0.2, 0.25) is 5.02 Å². The van der Waals surface area contributed by atoms with Crippen molar-refractivity contribution < 1.29 is 23.4 Å². The minimum atomic E-state index is -0.785. The van der Waals surface area contributed by atoms with Crippen LogP contribution < -0.4 is 20.5 Å². The van der Waals surface area contributed by atoms with Crippen molar-refractivity contribution in [3.8, 4) is 22.6 Å². The molecule has 36 heavy (non-hydrogen) atoms. The van der Waals surface area contributed by atoms with E-state index >= 15 is 4.39 Å². The van der Waals surface area contributed by atoms with Crippen LogP contribution >= 0.6 is 11.6 Å². The average Bonchev–Trinajstić information content (AvgIpc) is 3.22. The lowest BCUT2D eigenvalue weighted by Gasteiger charge is -2.27. The van der Waals surface area contributed by atoms with Gasteiger partial charge in [-0.3, -0.25) is 0 Å². The molecule has 1 amide bonds. The van der Waals surface area contributed by atoms with Crippen molar-refractivity contribution >= 4 is 17.7 Å². The van der Waals surface area contributed by atoms with Gasteiger partial charge in [0.05, 0.1) is 12.1 Å². The Balaban J connectivity index is 1.62. The first-order chi connectivity index (χ1) is 17.1. The fourth-order valence-corrected chi connectivity index (χ4v) is 4.58. The number of nitrogens with one attached hydrogen (secondary N) is 1. The minimum Gasteiger partial charge on any atom is -0.491 e. The van der Waals surface area contributed by atoms with E-state index in [9.17, 15) is 4.79 Å². The number of amides is 1. The van der Waals surface area contributed by atoms with Crippen molar-refractivity contribution in [1.29, 1.82) is 0 Å². The molecule has 3 aromatic carbocycles. The van der Waals surface area contributed by atoms with Crippen molar-refractivity contribution in [3.63, 3.8) is 0 Å². The molecule has 0 aliphatic carbocycles. The normalized spacial score (nSPS) is 16.7. The SMILES string of the molecule is CC(C)(C)OC(=O)NCCOc1cccc(F)c1-c1c(Cl)ccc2c1CC(CN)(c1ccccc1)O2. The van der Waals surface area contributed by atoms with Crippen LogP contribution in [0.1, 0.15) is 31.9 Å². The second-order valence-electron chi connectivity index (χ2n) is 9.63. The fourth-order valence-electron chi connectivity index (χ4n) is 4.30. The van der Waals surface area contributed by atoms with Gasteiger partial charge in [-0.25, -0.2) is 9.18 Å². The molecule has 0 saturated carbocycles. The summed E-state index contributed by atoms with van der Waals surface area (Å²) in [5, 5.41) is 3.01. The molecule has 1 aliphatic rings. The largest absolute Gasteiger partial charge is 0.491 e. The van der Waals surface area contributed by atoms with Gasteiger partial charge >= 0.3 is 6.09 Å². The molecule has 3 N–H and O–H groups in total. The smallest absolute Gasteiger partial charge is 0.407 e. The molecule has 0 aromatic heterocycles. The maximum atomic E-state index is 15.3. The molecule has 0 radical (unpaired) electrons. The number of benzene rings is 3. The standard InChI is InChI=1S/C28H30ClFN2O4/c1-27(2,3)36-26(33)32-14-15-34-23-11-7-10-21(30)25(23)24-19-16-28(17-31,18-8-5-4-6-9-18)35-22(19)13-12-20(24)29/h4-13H,14-17,31H2,1-3H3,(H,32,33). The Hall–Kier alpha value is -3.29. The molecule has 4 rings (SSSR count). The van der Waals surface area contributed by atoms with Crippen LogP contribution in [0.25, 0.3) is 11.1 Å². The highest BCUT2D eigenvalue weighted by Crippen LogP contribution is 2.49. The molecule has 3 aromatic rings. The van der Waals surface area contributed by atoms with Gasteiger partial charge < -0.3 is 25.3 Å². The molecule has 190 valence electrons. The number of fused-ring (bicyclic) bond motifs is 1. The molecule has 0 bridgehead atoms. The molecular weight excluding hydrogens is 483 g/mol. The number of rotatable bonds is 7. The Kier molecular flexibility index (Phi) is 7.43. The van der Waals surface area contributed by atoms with Crippen molar-refractivity contribution in [3.05, 3.63) is 82.6 Å². The van der Waals surface area contributed by atoms with Crippen LogP contribution in [-0.4, -0.2) is 31.4 Å². The summed E-state index contributed by atoms with van der Waals surface area (Å²) in [7, 11) is 0. The van der Waals surface area contributed by atoms with E-state index in [1.165, 1.54) is 6.07 Å². The Morgan fingerprint density at radius 1 is 1.11 bits per heavy atom. The number of alkyl carbamates (subject to hydrolysis) is 1. The Morgan fingerprint density at radius 3 is 2.56 bits per heavy atom. The molecule has 1 atom stereocenters. The van der Waals surface area contributed by atoms with Crippen LogP contribution in [0.3, 0.4) is 0 Å². The van der Waals surface area contributed by atoms with E-state index in [-0.39, 0.29) is 25.3 Å². The Bertz CT molecular complexity index is 1250. The Labute approximate surface area is 215 Å².